The van der Waals surface area contributed by atoms with E-state index in [1.54, 1.807) is 55.5 Å². The summed E-state index contributed by atoms with van der Waals surface area (Å²) in [5.74, 6) is -1.12. The van der Waals surface area contributed by atoms with Gasteiger partial charge in [-0.2, -0.15) is 0 Å². The number of aromatic nitrogens is 2. The molecule has 1 N–H and O–H groups in total. The summed E-state index contributed by atoms with van der Waals surface area (Å²) in [5, 5.41) is 0. The van der Waals surface area contributed by atoms with Crippen molar-refractivity contribution in [2.24, 2.45) is 0 Å². The third kappa shape index (κ3) is 5.95. The van der Waals surface area contributed by atoms with Crippen LogP contribution in [0.25, 0.3) is 5.57 Å². The second-order valence-electron chi connectivity index (χ2n) is 9.13. The molecule has 0 spiro atoms. The zero-order valence-corrected chi connectivity index (χ0v) is 20.9. The Morgan fingerprint density at radius 1 is 1.00 bits per heavy atom. The molecule has 9 heteroatoms. The Morgan fingerprint density at radius 3 is 2.14 bits per heavy atom. The number of rotatable bonds is 7. The van der Waals surface area contributed by atoms with Gasteiger partial charge in [-0.1, -0.05) is 42.0 Å². The highest BCUT2D eigenvalue weighted by Crippen LogP contribution is 2.31. The van der Waals surface area contributed by atoms with E-state index in [-0.39, 0.29) is 18.6 Å². The highest BCUT2D eigenvalue weighted by atomic mass is 16.6. The topological polar surface area (TPSA) is 117 Å². The van der Waals surface area contributed by atoms with E-state index < -0.39 is 41.6 Å². The lowest BCUT2D eigenvalue weighted by molar-refractivity contribution is -0.0582. The van der Waals surface area contributed by atoms with Crippen molar-refractivity contribution in [2.45, 2.75) is 45.6 Å². The molecule has 4 rings (SSSR count). The quantitative estimate of drug-likeness (QED) is 0.489. The number of ether oxygens (including phenoxy) is 3. The standard InChI is InChI=1S/C28H28N2O7/c1-16(2)21-14-30(28(34)29-25(21)31)24-13-22(37-27(33)20-11-7-18(4)8-12-20)23(36-24)15-35-26(32)19-9-5-17(3)6-10-19/h5-12,14,22-24H,1,13,15H2,2-4H3,(H,29,31,34)/t22-,23+,24-/m0/s1. The van der Waals surface area contributed by atoms with Crippen molar-refractivity contribution >= 4 is 17.5 Å². The number of nitrogens with zero attached hydrogens (tertiary/aromatic N) is 1. The number of hydrogen-bond acceptors (Lipinski definition) is 7. The number of H-pyrrole nitrogens is 1. The number of nitrogens with one attached hydrogen (secondary N) is 1. The number of carbonyl (C=O) groups excluding carboxylic acids is 2. The van der Waals surface area contributed by atoms with E-state index in [9.17, 15) is 19.2 Å². The minimum atomic E-state index is -0.874. The number of benzene rings is 2. The van der Waals surface area contributed by atoms with E-state index in [4.69, 9.17) is 14.2 Å². The fourth-order valence-electron chi connectivity index (χ4n) is 3.97. The Hall–Kier alpha value is -4.24. The lowest BCUT2D eigenvalue weighted by Gasteiger charge is -2.19. The number of aryl methyl sites for hydroxylation is 2. The van der Waals surface area contributed by atoms with Crippen LogP contribution in [-0.4, -0.2) is 40.3 Å². The molecule has 0 aliphatic carbocycles. The van der Waals surface area contributed by atoms with Crippen LogP contribution in [0.5, 0.6) is 0 Å². The number of esters is 2. The Labute approximate surface area is 213 Å². The van der Waals surface area contributed by atoms with Gasteiger partial charge in [0.15, 0.2) is 0 Å². The molecule has 37 heavy (non-hydrogen) atoms. The number of aromatic amines is 1. The van der Waals surface area contributed by atoms with Crippen molar-refractivity contribution in [3.05, 3.63) is 110 Å². The molecule has 0 amide bonds. The highest BCUT2D eigenvalue weighted by molar-refractivity contribution is 5.90. The maximum Gasteiger partial charge on any atom is 0.338 e. The number of carbonyl (C=O) groups is 2. The lowest BCUT2D eigenvalue weighted by Crippen LogP contribution is -2.34. The van der Waals surface area contributed by atoms with Crippen molar-refractivity contribution in [1.29, 1.82) is 0 Å². The molecule has 0 radical (unpaired) electrons. The zero-order valence-electron chi connectivity index (χ0n) is 20.9. The first-order valence-corrected chi connectivity index (χ1v) is 11.8. The molecule has 192 valence electrons. The van der Waals surface area contributed by atoms with Gasteiger partial charge in [-0.15, -0.1) is 0 Å². The summed E-state index contributed by atoms with van der Waals surface area (Å²) in [4.78, 5) is 52.4. The van der Waals surface area contributed by atoms with E-state index >= 15 is 0 Å². The Kier molecular flexibility index (Phi) is 7.54. The average Bonchev–Trinajstić information content (AvgIpc) is 3.25. The fraction of sp³-hybridized carbons (Fsp3) is 0.286. The Balaban J connectivity index is 1.57. The Bertz CT molecular complexity index is 1440. The van der Waals surface area contributed by atoms with Gasteiger partial charge in [0.05, 0.1) is 16.7 Å². The minimum Gasteiger partial charge on any atom is -0.459 e. The predicted molar refractivity (Wildman–Crippen MR) is 136 cm³/mol. The monoisotopic (exact) mass is 504 g/mol. The van der Waals surface area contributed by atoms with E-state index in [1.807, 2.05) is 13.8 Å². The average molecular weight is 505 g/mol. The third-order valence-corrected chi connectivity index (χ3v) is 6.13. The molecule has 9 nitrogen and oxygen atoms in total. The molecule has 1 aliphatic rings. The minimum absolute atomic E-state index is 0.103. The van der Waals surface area contributed by atoms with Crippen LogP contribution in [-0.2, 0) is 14.2 Å². The molecule has 1 aromatic heterocycles. The van der Waals surface area contributed by atoms with Crippen LogP contribution in [0.3, 0.4) is 0 Å². The van der Waals surface area contributed by atoms with Crippen LogP contribution < -0.4 is 11.2 Å². The normalized spacial score (nSPS) is 18.8. The van der Waals surface area contributed by atoms with Crippen LogP contribution in [0, 0.1) is 13.8 Å². The number of hydrogen-bond donors (Lipinski definition) is 1. The van der Waals surface area contributed by atoms with Gasteiger partial charge < -0.3 is 14.2 Å². The van der Waals surface area contributed by atoms with Gasteiger partial charge in [0.25, 0.3) is 5.56 Å². The smallest absolute Gasteiger partial charge is 0.338 e. The first-order chi connectivity index (χ1) is 17.6. The molecule has 3 atom stereocenters. The van der Waals surface area contributed by atoms with E-state index in [2.05, 4.69) is 11.6 Å². The van der Waals surface area contributed by atoms with Crippen LogP contribution in [0.1, 0.15) is 57.0 Å². The maximum atomic E-state index is 12.8. The summed E-state index contributed by atoms with van der Waals surface area (Å²) in [7, 11) is 0. The molecular weight excluding hydrogens is 476 g/mol. The van der Waals surface area contributed by atoms with Crippen LogP contribution in [0.2, 0.25) is 0 Å². The van der Waals surface area contributed by atoms with Crippen LogP contribution in [0.4, 0.5) is 0 Å². The number of allylic oxidation sites excluding steroid dienone is 1. The van der Waals surface area contributed by atoms with Crippen molar-refractivity contribution in [3.63, 3.8) is 0 Å². The molecule has 2 aromatic carbocycles. The van der Waals surface area contributed by atoms with Crippen molar-refractivity contribution in [1.82, 2.24) is 9.55 Å². The summed E-state index contributed by atoms with van der Waals surface area (Å²) in [6.07, 6.45) is -1.07. The largest absolute Gasteiger partial charge is 0.459 e. The lowest BCUT2D eigenvalue weighted by atomic mass is 10.1. The van der Waals surface area contributed by atoms with Gasteiger partial charge in [-0.3, -0.25) is 14.3 Å². The van der Waals surface area contributed by atoms with Crippen molar-refractivity contribution in [3.8, 4) is 0 Å². The molecular formula is C28H28N2O7. The Morgan fingerprint density at radius 2 is 1.57 bits per heavy atom. The summed E-state index contributed by atoms with van der Waals surface area (Å²) < 4.78 is 18.5. The molecule has 3 aromatic rings. The predicted octanol–water partition coefficient (Wildman–Crippen LogP) is 3.56. The summed E-state index contributed by atoms with van der Waals surface area (Å²) >= 11 is 0. The van der Waals surface area contributed by atoms with E-state index in [0.717, 1.165) is 11.1 Å². The van der Waals surface area contributed by atoms with E-state index in [0.29, 0.717) is 16.7 Å². The van der Waals surface area contributed by atoms with Gasteiger partial charge in [0.2, 0.25) is 0 Å². The molecule has 1 saturated heterocycles. The van der Waals surface area contributed by atoms with Gasteiger partial charge >= 0.3 is 17.6 Å². The van der Waals surface area contributed by atoms with Gasteiger partial charge in [-0.05, 0) is 50.6 Å². The molecule has 2 heterocycles. The maximum absolute atomic E-state index is 12.8. The van der Waals surface area contributed by atoms with Crippen LogP contribution in [0.15, 0.2) is 70.9 Å². The molecule has 0 unspecified atom stereocenters. The zero-order chi connectivity index (χ0) is 26.7. The van der Waals surface area contributed by atoms with Crippen LogP contribution >= 0.6 is 0 Å². The van der Waals surface area contributed by atoms with Crippen molar-refractivity contribution in [2.75, 3.05) is 6.61 Å². The summed E-state index contributed by atoms with van der Waals surface area (Å²) in [5.41, 5.74) is 2.18. The van der Waals surface area contributed by atoms with Crippen molar-refractivity contribution < 1.29 is 23.8 Å². The van der Waals surface area contributed by atoms with Gasteiger partial charge in [0.1, 0.15) is 25.0 Å². The fourth-order valence-corrected chi connectivity index (χ4v) is 3.97. The second-order valence-corrected chi connectivity index (χ2v) is 9.13. The molecule has 0 bridgehead atoms. The van der Waals surface area contributed by atoms with Gasteiger partial charge in [-0.25, -0.2) is 14.4 Å². The summed E-state index contributed by atoms with van der Waals surface area (Å²) in [6.45, 7) is 9.03. The second kappa shape index (κ2) is 10.8. The first-order valence-electron chi connectivity index (χ1n) is 11.8. The molecule has 0 saturated carbocycles. The third-order valence-electron chi connectivity index (χ3n) is 6.13. The SMILES string of the molecule is C=C(C)c1cn([C@@H]2C[C@H](OC(=O)c3ccc(C)cc3)[C@@H](COC(=O)c3ccc(C)cc3)O2)c(=O)[nH]c1=O. The molecule has 1 fully saturated rings. The first kappa shape index (κ1) is 25.8. The highest BCUT2D eigenvalue weighted by Gasteiger charge is 2.40. The van der Waals surface area contributed by atoms with Gasteiger partial charge in [0, 0.05) is 12.6 Å². The van der Waals surface area contributed by atoms with E-state index in [1.165, 1.54) is 10.8 Å². The molecule has 1 aliphatic heterocycles. The summed E-state index contributed by atoms with van der Waals surface area (Å²) in [6, 6.07) is 13.8.